The molecule has 1 aromatic carbocycles. The number of ether oxygens (including phenoxy) is 1. The van der Waals surface area contributed by atoms with E-state index < -0.39 is 11.4 Å². The number of nitrogens with two attached hydrogens (primary N) is 2. The van der Waals surface area contributed by atoms with Gasteiger partial charge in [0.15, 0.2) is 6.61 Å². The first-order chi connectivity index (χ1) is 8.85. The summed E-state index contributed by atoms with van der Waals surface area (Å²) in [5.41, 5.74) is 10.4. The maximum Gasteiger partial charge on any atom is 0.255 e. The van der Waals surface area contributed by atoms with E-state index in [0.29, 0.717) is 17.9 Å². The highest BCUT2D eigenvalue weighted by Crippen LogP contribution is 2.18. The fraction of sp³-hybridized carbons (Fsp3) is 0.385. The number of primary amides is 1. The number of nitrogens with one attached hydrogen (secondary N) is 1. The average Bonchev–Trinajstić information content (AvgIpc) is 2.36. The quantitative estimate of drug-likeness (QED) is 0.700. The second-order valence-corrected chi connectivity index (χ2v) is 4.51. The van der Waals surface area contributed by atoms with E-state index in [1.165, 1.54) is 0 Å². The van der Waals surface area contributed by atoms with Gasteiger partial charge in [0.1, 0.15) is 5.75 Å². The largest absolute Gasteiger partial charge is 0.484 e. The molecule has 2 amide bonds. The van der Waals surface area contributed by atoms with Crippen LogP contribution in [0.2, 0.25) is 0 Å². The van der Waals surface area contributed by atoms with Crippen LogP contribution in [0.3, 0.4) is 0 Å². The predicted octanol–water partition coefficient (Wildman–Crippen LogP) is 0.617. The summed E-state index contributed by atoms with van der Waals surface area (Å²) in [6, 6.07) is 6.68. The molecule has 0 radical (unpaired) electrons. The molecule has 104 valence electrons. The van der Waals surface area contributed by atoms with Crippen molar-refractivity contribution in [3.8, 4) is 5.75 Å². The molecule has 1 unspecified atom stereocenters. The first-order valence-corrected chi connectivity index (χ1v) is 5.96. The van der Waals surface area contributed by atoms with Gasteiger partial charge >= 0.3 is 0 Å². The number of benzene rings is 1. The van der Waals surface area contributed by atoms with Crippen molar-refractivity contribution < 1.29 is 14.3 Å². The molecule has 0 aliphatic carbocycles. The highest BCUT2D eigenvalue weighted by molar-refractivity contribution is 5.97. The molecular formula is C13H19N3O3. The number of amides is 2. The summed E-state index contributed by atoms with van der Waals surface area (Å²) in [5.74, 6) is -0.385. The van der Waals surface area contributed by atoms with Gasteiger partial charge in [0.25, 0.3) is 5.91 Å². The van der Waals surface area contributed by atoms with E-state index >= 15 is 0 Å². The summed E-state index contributed by atoms with van der Waals surface area (Å²) in [7, 11) is 0. The monoisotopic (exact) mass is 265 g/mol. The molecule has 5 N–H and O–H groups in total. The van der Waals surface area contributed by atoms with Gasteiger partial charge in [-0.15, -0.1) is 0 Å². The lowest BCUT2D eigenvalue weighted by atomic mass is 9.99. The molecule has 1 aromatic rings. The zero-order chi connectivity index (χ0) is 14.5. The molecule has 0 saturated heterocycles. The topological polar surface area (TPSA) is 107 Å². The summed E-state index contributed by atoms with van der Waals surface area (Å²) in [6.07, 6.45) is 0.525. The second kappa shape index (κ2) is 6.19. The Morgan fingerprint density at radius 3 is 2.68 bits per heavy atom. The van der Waals surface area contributed by atoms with E-state index in [4.69, 9.17) is 16.2 Å². The van der Waals surface area contributed by atoms with Gasteiger partial charge in [0.2, 0.25) is 5.91 Å². The Morgan fingerprint density at radius 2 is 2.11 bits per heavy atom. The fourth-order valence-electron chi connectivity index (χ4n) is 1.25. The third-order valence-corrected chi connectivity index (χ3v) is 2.73. The van der Waals surface area contributed by atoms with Gasteiger partial charge in [-0.3, -0.25) is 9.59 Å². The molecular weight excluding hydrogens is 246 g/mol. The van der Waals surface area contributed by atoms with Gasteiger partial charge in [-0.05, 0) is 25.5 Å². The van der Waals surface area contributed by atoms with Crippen molar-refractivity contribution in [3.63, 3.8) is 0 Å². The highest BCUT2D eigenvalue weighted by Gasteiger charge is 2.25. The van der Waals surface area contributed by atoms with Crippen LogP contribution in [0.25, 0.3) is 0 Å². The highest BCUT2D eigenvalue weighted by atomic mass is 16.5. The lowest BCUT2D eigenvalue weighted by Crippen LogP contribution is -2.47. The smallest absolute Gasteiger partial charge is 0.255 e. The molecule has 0 spiro atoms. The molecule has 0 aliphatic rings. The molecule has 0 aromatic heterocycles. The van der Waals surface area contributed by atoms with E-state index in [1.807, 2.05) is 6.92 Å². The lowest BCUT2D eigenvalue weighted by molar-refractivity contribution is -0.121. The van der Waals surface area contributed by atoms with Crippen molar-refractivity contribution in [1.29, 1.82) is 0 Å². The van der Waals surface area contributed by atoms with Crippen molar-refractivity contribution in [2.75, 3.05) is 11.9 Å². The Kier molecular flexibility index (Phi) is 4.88. The fourth-order valence-corrected chi connectivity index (χ4v) is 1.25. The lowest BCUT2D eigenvalue weighted by Gasteiger charge is -2.21. The Labute approximate surface area is 112 Å². The summed E-state index contributed by atoms with van der Waals surface area (Å²) < 4.78 is 5.14. The molecule has 0 aliphatic heterocycles. The molecule has 1 atom stereocenters. The third kappa shape index (κ3) is 4.59. The molecule has 6 heteroatoms. The summed E-state index contributed by atoms with van der Waals surface area (Å²) in [4.78, 5) is 22.5. The molecule has 19 heavy (non-hydrogen) atoms. The normalized spacial score (nSPS) is 13.4. The van der Waals surface area contributed by atoms with Crippen LogP contribution in [0.1, 0.15) is 20.3 Å². The van der Waals surface area contributed by atoms with Gasteiger partial charge in [-0.25, -0.2) is 0 Å². The minimum absolute atomic E-state index is 0.207. The summed E-state index contributed by atoms with van der Waals surface area (Å²) in [6.45, 7) is 3.29. The van der Waals surface area contributed by atoms with E-state index in [2.05, 4.69) is 5.32 Å². The second-order valence-electron chi connectivity index (χ2n) is 4.51. The van der Waals surface area contributed by atoms with E-state index in [-0.39, 0.29) is 12.5 Å². The molecule has 0 saturated carbocycles. The minimum atomic E-state index is -0.927. The standard InChI is InChI=1S/C13H19N3O3/c1-3-13(2,15)12(18)16-9-5-4-6-10(7-9)19-8-11(14)17/h4-7H,3,8,15H2,1-2H3,(H2,14,17)(H,16,18). The number of hydrogen-bond donors (Lipinski definition) is 3. The summed E-state index contributed by atoms with van der Waals surface area (Å²) >= 11 is 0. The van der Waals surface area contributed by atoms with Crippen LogP contribution >= 0.6 is 0 Å². The Hall–Kier alpha value is -2.08. The molecule has 0 fully saturated rings. The number of hydrogen-bond acceptors (Lipinski definition) is 4. The maximum absolute atomic E-state index is 11.9. The Balaban J connectivity index is 2.72. The SMILES string of the molecule is CCC(C)(N)C(=O)Nc1cccc(OCC(N)=O)c1. The van der Waals surface area contributed by atoms with Crippen molar-refractivity contribution >= 4 is 17.5 Å². The van der Waals surface area contributed by atoms with Crippen molar-refractivity contribution in [3.05, 3.63) is 24.3 Å². The van der Waals surface area contributed by atoms with Crippen molar-refractivity contribution in [2.24, 2.45) is 11.5 Å². The minimum Gasteiger partial charge on any atom is -0.484 e. The molecule has 0 bridgehead atoms. The predicted molar refractivity (Wildman–Crippen MR) is 72.6 cm³/mol. The van der Waals surface area contributed by atoms with E-state index in [9.17, 15) is 9.59 Å². The van der Waals surface area contributed by atoms with Crippen LogP contribution in [-0.4, -0.2) is 24.0 Å². The summed E-state index contributed by atoms with van der Waals surface area (Å²) in [5, 5.41) is 2.70. The van der Waals surface area contributed by atoms with Crippen LogP contribution in [0, 0.1) is 0 Å². The average molecular weight is 265 g/mol. The number of carbonyl (C=O) groups excluding carboxylic acids is 2. The Bertz CT molecular complexity index is 472. The molecule has 1 rings (SSSR count). The van der Waals surface area contributed by atoms with Crippen molar-refractivity contribution in [2.45, 2.75) is 25.8 Å². The number of anilines is 1. The van der Waals surface area contributed by atoms with Crippen LogP contribution in [0.15, 0.2) is 24.3 Å². The van der Waals surface area contributed by atoms with E-state index in [0.717, 1.165) is 0 Å². The van der Waals surface area contributed by atoms with Gasteiger partial charge in [-0.2, -0.15) is 0 Å². The van der Waals surface area contributed by atoms with Gasteiger partial charge in [0.05, 0.1) is 5.54 Å². The van der Waals surface area contributed by atoms with E-state index in [1.54, 1.807) is 31.2 Å². The first-order valence-electron chi connectivity index (χ1n) is 5.96. The van der Waals surface area contributed by atoms with Gasteiger partial charge in [0, 0.05) is 11.8 Å². The molecule has 6 nitrogen and oxygen atoms in total. The molecule has 0 heterocycles. The van der Waals surface area contributed by atoms with Crippen molar-refractivity contribution in [1.82, 2.24) is 0 Å². The van der Waals surface area contributed by atoms with Crippen LogP contribution in [-0.2, 0) is 9.59 Å². The maximum atomic E-state index is 11.9. The number of rotatable bonds is 6. The van der Waals surface area contributed by atoms with Crippen LogP contribution in [0.4, 0.5) is 5.69 Å². The van der Waals surface area contributed by atoms with Gasteiger partial charge in [-0.1, -0.05) is 13.0 Å². The number of carbonyl (C=O) groups is 2. The first kappa shape index (κ1) is 15.0. The third-order valence-electron chi connectivity index (χ3n) is 2.73. The zero-order valence-electron chi connectivity index (χ0n) is 11.1. The Morgan fingerprint density at radius 1 is 1.42 bits per heavy atom. The van der Waals surface area contributed by atoms with Crippen LogP contribution < -0.4 is 21.5 Å². The van der Waals surface area contributed by atoms with Crippen LogP contribution in [0.5, 0.6) is 5.75 Å². The zero-order valence-corrected chi connectivity index (χ0v) is 11.1. The van der Waals surface area contributed by atoms with Gasteiger partial charge < -0.3 is 21.5 Å².